The highest BCUT2D eigenvalue weighted by molar-refractivity contribution is 8.00. The van der Waals surface area contributed by atoms with Gasteiger partial charge in [0.15, 0.2) is 0 Å². The summed E-state index contributed by atoms with van der Waals surface area (Å²) < 4.78 is 10.9. The number of benzene rings is 3. The van der Waals surface area contributed by atoms with Crippen LogP contribution >= 0.6 is 11.8 Å². The van der Waals surface area contributed by atoms with Crippen molar-refractivity contribution in [3.8, 4) is 11.5 Å². The minimum Gasteiger partial charge on any atom is -0.497 e. The van der Waals surface area contributed by atoms with E-state index in [2.05, 4.69) is 5.32 Å². The van der Waals surface area contributed by atoms with E-state index in [0.29, 0.717) is 28.6 Å². The molecule has 1 N–H and O–H groups in total. The number of hydrogen-bond donors (Lipinski definition) is 1. The van der Waals surface area contributed by atoms with Crippen molar-refractivity contribution < 1.29 is 19.1 Å². The number of thioether (sulfide) groups is 1. The predicted molar refractivity (Wildman–Crippen MR) is 127 cm³/mol. The number of carbonyl (C=O) groups is 2. The van der Waals surface area contributed by atoms with Gasteiger partial charge in [0.25, 0.3) is 0 Å². The first-order valence-electron chi connectivity index (χ1n) is 10.2. The number of hydrogen-bond acceptors (Lipinski definition) is 5. The fourth-order valence-corrected chi connectivity index (χ4v) is 4.91. The number of carbonyl (C=O) groups excluding carboxylic acids is 2. The van der Waals surface area contributed by atoms with Crippen molar-refractivity contribution in [1.29, 1.82) is 0 Å². The average molecular weight is 449 g/mol. The Labute approximate surface area is 191 Å². The van der Waals surface area contributed by atoms with Gasteiger partial charge in [-0.3, -0.25) is 14.5 Å². The summed E-state index contributed by atoms with van der Waals surface area (Å²) >= 11 is 1.51. The van der Waals surface area contributed by atoms with Crippen LogP contribution in [0.5, 0.6) is 11.5 Å². The van der Waals surface area contributed by atoms with E-state index in [-0.39, 0.29) is 23.6 Å². The van der Waals surface area contributed by atoms with E-state index in [1.165, 1.54) is 11.8 Å². The molecule has 1 saturated heterocycles. The zero-order chi connectivity index (χ0) is 22.5. The van der Waals surface area contributed by atoms with Gasteiger partial charge in [0.2, 0.25) is 11.8 Å². The Morgan fingerprint density at radius 3 is 2.53 bits per heavy atom. The summed E-state index contributed by atoms with van der Waals surface area (Å²) in [5.41, 5.74) is 3.12. The minimum absolute atomic E-state index is 0.0306. The lowest BCUT2D eigenvalue weighted by atomic mass is 10.1. The highest BCUT2D eigenvalue weighted by Crippen LogP contribution is 2.47. The van der Waals surface area contributed by atoms with Crippen LogP contribution in [0.3, 0.4) is 0 Å². The molecule has 3 aromatic carbocycles. The van der Waals surface area contributed by atoms with E-state index >= 15 is 0 Å². The molecule has 0 spiro atoms. The van der Waals surface area contributed by atoms with Crippen molar-refractivity contribution in [3.63, 3.8) is 0 Å². The number of methoxy groups -OCH3 is 2. The van der Waals surface area contributed by atoms with E-state index in [1.54, 1.807) is 37.3 Å². The molecule has 1 heterocycles. The van der Waals surface area contributed by atoms with Crippen LogP contribution in [0, 0.1) is 0 Å². The summed E-state index contributed by atoms with van der Waals surface area (Å²) in [4.78, 5) is 27.4. The molecule has 2 amide bonds. The lowest BCUT2D eigenvalue weighted by Gasteiger charge is -2.27. The second-order valence-electron chi connectivity index (χ2n) is 7.26. The van der Waals surface area contributed by atoms with Crippen molar-refractivity contribution in [2.45, 2.75) is 11.8 Å². The van der Waals surface area contributed by atoms with Gasteiger partial charge in [-0.25, -0.2) is 0 Å². The van der Waals surface area contributed by atoms with Crippen molar-refractivity contribution in [2.24, 2.45) is 0 Å². The van der Waals surface area contributed by atoms with Gasteiger partial charge in [0, 0.05) is 17.3 Å². The monoisotopic (exact) mass is 448 g/mol. The first-order valence-corrected chi connectivity index (χ1v) is 11.2. The van der Waals surface area contributed by atoms with Crippen LogP contribution in [0.15, 0.2) is 72.8 Å². The van der Waals surface area contributed by atoms with Crippen molar-refractivity contribution in [2.75, 3.05) is 30.2 Å². The standard InChI is InChI=1S/C25H24N2O4S/c1-30-18-12-13-22(31-2)21(15-18)27-24(29)16-32-25(27)19-10-6-7-11-20(19)26-23(28)14-17-8-4-3-5-9-17/h3-13,15,25H,14,16H2,1-2H3,(H,26,28). The van der Waals surface area contributed by atoms with Crippen LogP contribution < -0.4 is 19.7 Å². The zero-order valence-corrected chi connectivity index (χ0v) is 18.7. The van der Waals surface area contributed by atoms with Crippen LogP contribution in [-0.2, 0) is 16.0 Å². The molecular formula is C25H24N2O4S. The van der Waals surface area contributed by atoms with Gasteiger partial charge in [-0.05, 0) is 23.8 Å². The van der Waals surface area contributed by atoms with Crippen molar-refractivity contribution in [1.82, 2.24) is 0 Å². The molecule has 7 heteroatoms. The van der Waals surface area contributed by atoms with Crippen LogP contribution in [0.25, 0.3) is 0 Å². The van der Waals surface area contributed by atoms with Crippen LogP contribution in [-0.4, -0.2) is 31.8 Å². The maximum absolute atomic E-state index is 12.9. The first kappa shape index (κ1) is 21.8. The second kappa shape index (κ2) is 9.78. The molecule has 32 heavy (non-hydrogen) atoms. The topological polar surface area (TPSA) is 67.9 Å². The maximum atomic E-state index is 12.9. The number of anilines is 2. The maximum Gasteiger partial charge on any atom is 0.238 e. The summed E-state index contributed by atoms with van der Waals surface area (Å²) in [6.07, 6.45) is 0.277. The second-order valence-corrected chi connectivity index (χ2v) is 8.33. The Hall–Kier alpha value is -3.45. The summed E-state index contributed by atoms with van der Waals surface area (Å²) in [7, 11) is 3.16. The van der Waals surface area contributed by atoms with E-state index in [9.17, 15) is 9.59 Å². The van der Waals surface area contributed by atoms with E-state index in [4.69, 9.17) is 9.47 Å². The number of nitrogens with one attached hydrogen (secondary N) is 1. The van der Waals surface area contributed by atoms with Gasteiger partial charge in [0.05, 0.1) is 32.1 Å². The molecule has 6 nitrogen and oxygen atoms in total. The molecule has 0 radical (unpaired) electrons. The van der Waals surface area contributed by atoms with Crippen molar-refractivity contribution >= 4 is 35.0 Å². The Morgan fingerprint density at radius 1 is 1.03 bits per heavy atom. The van der Waals surface area contributed by atoms with Gasteiger partial charge < -0.3 is 14.8 Å². The smallest absolute Gasteiger partial charge is 0.238 e. The lowest BCUT2D eigenvalue weighted by Crippen LogP contribution is -2.29. The summed E-state index contributed by atoms with van der Waals surface area (Å²) in [6, 6.07) is 22.6. The normalized spacial score (nSPS) is 15.5. The first-order chi connectivity index (χ1) is 15.6. The molecule has 164 valence electrons. The van der Waals surface area contributed by atoms with E-state index < -0.39 is 0 Å². The molecule has 0 saturated carbocycles. The van der Waals surface area contributed by atoms with Crippen LogP contribution in [0.4, 0.5) is 11.4 Å². The van der Waals surface area contributed by atoms with Gasteiger partial charge in [-0.1, -0.05) is 48.5 Å². The largest absolute Gasteiger partial charge is 0.497 e. The number of rotatable bonds is 7. The van der Waals surface area contributed by atoms with Gasteiger partial charge in [-0.15, -0.1) is 11.8 Å². The van der Waals surface area contributed by atoms with Gasteiger partial charge >= 0.3 is 0 Å². The number of ether oxygens (including phenoxy) is 2. The SMILES string of the molecule is COc1ccc(OC)c(N2C(=O)CSC2c2ccccc2NC(=O)Cc2ccccc2)c1. The van der Waals surface area contributed by atoms with Crippen LogP contribution in [0.2, 0.25) is 0 Å². The molecular weight excluding hydrogens is 424 g/mol. The minimum atomic E-state index is -0.309. The van der Waals surface area contributed by atoms with E-state index in [1.807, 2.05) is 54.6 Å². The third-order valence-electron chi connectivity index (χ3n) is 5.22. The Balaban J connectivity index is 1.65. The Morgan fingerprint density at radius 2 is 1.78 bits per heavy atom. The lowest BCUT2D eigenvalue weighted by molar-refractivity contribution is -0.116. The molecule has 3 aromatic rings. The molecule has 1 fully saturated rings. The predicted octanol–water partition coefficient (Wildman–Crippen LogP) is 4.66. The molecule has 1 aliphatic rings. The van der Waals surface area contributed by atoms with E-state index in [0.717, 1.165) is 11.1 Å². The highest BCUT2D eigenvalue weighted by Gasteiger charge is 2.37. The fraction of sp³-hybridized carbons (Fsp3) is 0.200. The summed E-state index contributed by atoms with van der Waals surface area (Å²) in [6.45, 7) is 0. The molecule has 1 atom stereocenters. The quantitative estimate of drug-likeness (QED) is 0.569. The Kier molecular flexibility index (Phi) is 6.66. The molecule has 4 rings (SSSR count). The summed E-state index contributed by atoms with van der Waals surface area (Å²) in [5, 5.41) is 2.72. The van der Waals surface area contributed by atoms with Crippen LogP contribution in [0.1, 0.15) is 16.5 Å². The zero-order valence-electron chi connectivity index (χ0n) is 17.9. The van der Waals surface area contributed by atoms with Crippen molar-refractivity contribution in [3.05, 3.63) is 83.9 Å². The Bertz CT molecular complexity index is 1120. The third-order valence-corrected chi connectivity index (χ3v) is 6.42. The average Bonchev–Trinajstić information content (AvgIpc) is 3.20. The molecule has 0 aromatic heterocycles. The molecule has 1 aliphatic heterocycles. The number of nitrogens with zero attached hydrogens (tertiary/aromatic N) is 1. The number of para-hydroxylation sites is 1. The van der Waals surface area contributed by atoms with Gasteiger partial charge in [-0.2, -0.15) is 0 Å². The summed E-state index contributed by atoms with van der Waals surface area (Å²) in [5.74, 6) is 1.41. The molecule has 1 unspecified atom stereocenters. The highest BCUT2D eigenvalue weighted by atomic mass is 32.2. The number of amides is 2. The third kappa shape index (κ3) is 4.57. The fourth-order valence-electron chi connectivity index (χ4n) is 3.70. The molecule has 0 bridgehead atoms. The van der Waals surface area contributed by atoms with Gasteiger partial charge in [0.1, 0.15) is 16.9 Å². The molecule has 0 aliphatic carbocycles.